The number of ether oxygens (including phenoxy) is 1. The molecule has 8 nitrogen and oxygen atoms in total. The first-order chi connectivity index (χ1) is 14.3. The summed E-state index contributed by atoms with van der Waals surface area (Å²) in [6.45, 7) is 11.9. The molecule has 1 aromatic heterocycles. The van der Waals surface area contributed by atoms with Gasteiger partial charge in [-0.15, -0.1) is 34.2 Å². The standard InChI is InChI=1S/C21H33N7O.HI/c1-3-20-26-25-17-28(20)10-9-23-21(22-4-2)24-15-18-5-7-19(8-6-18)16-27-11-13-29-14-12-27;/h5-8,17H,3-4,9-16H2,1-2H3,(H2,22,23,24);1H. The quantitative estimate of drug-likeness (QED) is 0.295. The maximum atomic E-state index is 5.42. The monoisotopic (exact) mass is 527 g/mol. The van der Waals surface area contributed by atoms with Gasteiger partial charge in [-0.2, -0.15) is 0 Å². The minimum absolute atomic E-state index is 0. The van der Waals surface area contributed by atoms with Crippen molar-refractivity contribution >= 4 is 29.9 Å². The Labute approximate surface area is 196 Å². The molecule has 0 spiro atoms. The molecule has 2 N–H and O–H groups in total. The van der Waals surface area contributed by atoms with Crippen LogP contribution in [0.2, 0.25) is 0 Å². The first-order valence-electron chi connectivity index (χ1n) is 10.5. The van der Waals surface area contributed by atoms with Crippen molar-refractivity contribution in [1.29, 1.82) is 0 Å². The third kappa shape index (κ3) is 7.84. The zero-order valence-corrected chi connectivity index (χ0v) is 20.3. The lowest BCUT2D eigenvalue weighted by molar-refractivity contribution is 0.0342. The lowest BCUT2D eigenvalue weighted by Crippen LogP contribution is -2.38. The molecular formula is C21H34IN7O. The van der Waals surface area contributed by atoms with E-state index < -0.39 is 0 Å². The van der Waals surface area contributed by atoms with Gasteiger partial charge in [-0.25, -0.2) is 4.99 Å². The van der Waals surface area contributed by atoms with Gasteiger partial charge in [0.2, 0.25) is 0 Å². The molecule has 3 rings (SSSR count). The second kappa shape index (κ2) is 13.6. The maximum Gasteiger partial charge on any atom is 0.191 e. The molecule has 1 aliphatic rings. The maximum absolute atomic E-state index is 5.42. The van der Waals surface area contributed by atoms with Crippen LogP contribution >= 0.6 is 24.0 Å². The highest BCUT2D eigenvalue weighted by Crippen LogP contribution is 2.10. The molecule has 0 atom stereocenters. The van der Waals surface area contributed by atoms with Gasteiger partial charge >= 0.3 is 0 Å². The van der Waals surface area contributed by atoms with Crippen molar-refractivity contribution in [1.82, 2.24) is 30.3 Å². The van der Waals surface area contributed by atoms with Crippen LogP contribution in [0.25, 0.3) is 0 Å². The third-order valence-electron chi connectivity index (χ3n) is 4.95. The van der Waals surface area contributed by atoms with Crippen LogP contribution in [0.4, 0.5) is 0 Å². The second-order valence-electron chi connectivity index (χ2n) is 7.12. The highest BCUT2D eigenvalue weighted by Gasteiger charge is 2.10. The molecule has 2 heterocycles. The van der Waals surface area contributed by atoms with Gasteiger partial charge in [0.25, 0.3) is 0 Å². The fraction of sp³-hybridized carbons (Fsp3) is 0.571. The van der Waals surface area contributed by atoms with E-state index in [-0.39, 0.29) is 24.0 Å². The topological polar surface area (TPSA) is 79.6 Å². The van der Waals surface area contributed by atoms with Gasteiger partial charge < -0.3 is 19.9 Å². The Morgan fingerprint density at radius 3 is 2.53 bits per heavy atom. The van der Waals surface area contributed by atoms with Crippen molar-refractivity contribution in [3.63, 3.8) is 0 Å². The molecule has 0 aliphatic carbocycles. The normalized spacial score (nSPS) is 14.9. The predicted octanol–water partition coefficient (Wildman–Crippen LogP) is 2.05. The zero-order chi connectivity index (χ0) is 20.3. The van der Waals surface area contributed by atoms with E-state index in [2.05, 4.69) is 68.4 Å². The number of hydrogen-bond donors (Lipinski definition) is 2. The van der Waals surface area contributed by atoms with Crippen molar-refractivity contribution in [3.05, 3.63) is 47.5 Å². The first-order valence-corrected chi connectivity index (χ1v) is 10.5. The van der Waals surface area contributed by atoms with Gasteiger partial charge in [0, 0.05) is 45.7 Å². The molecule has 1 fully saturated rings. The number of rotatable bonds is 9. The lowest BCUT2D eigenvalue weighted by atomic mass is 10.1. The van der Waals surface area contributed by atoms with Crippen molar-refractivity contribution in [3.8, 4) is 0 Å². The number of nitrogens with zero attached hydrogens (tertiary/aromatic N) is 5. The van der Waals surface area contributed by atoms with Gasteiger partial charge in [-0.05, 0) is 18.1 Å². The average molecular weight is 527 g/mol. The number of halogens is 1. The number of morpholine rings is 1. The van der Waals surface area contributed by atoms with Gasteiger partial charge in [-0.3, -0.25) is 4.90 Å². The van der Waals surface area contributed by atoms with Crippen molar-refractivity contribution in [2.45, 2.75) is 39.9 Å². The minimum Gasteiger partial charge on any atom is -0.379 e. The Balaban J connectivity index is 0.00000320. The summed E-state index contributed by atoms with van der Waals surface area (Å²) in [5, 5.41) is 14.8. The Morgan fingerprint density at radius 2 is 1.83 bits per heavy atom. The molecule has 0 amide bonds. The second-order valence-corrected chi connectivity index (χ2v) is 7.12. The van der Waals surface area contributed by atoms with Crippen LogP contribution in [0.1, 0.15) is 30.8 Å². The lowest BCUT2D eigenvalue weighted by Gasteiger charge is -2.26. The molecule has 0 unspecified atom stereocenters. The van der Waals surface area contributed by atoms with Crippen LogP contribution in [0.3, 0.4) is 0 Å². The number of benzene rings is 1. The van der Waals surface area contributed by atoms with E-state index in [1.807, 2.05) is 0 Å². The van der Waals surface area contributed by atoms with Crippen LogP contribution in [-0.4, -0.2) is 65.0 Å². The summed E-state index contributed by atoms with van der Waals surface area (Å²) in [4.78, 5) is 7.15. The molecule has 0 radical (unpaired) electrons. The Hall–Kier alpha value is -1.72. The van der Waals surface area contributed by atoms with Gasteiger partial charge in [0.15, 0.2) is 5.96 Å². The molecule has 9 heteroatoms. The van der Waals surface area contributed by atoms with E-state index in [1.54, 1.807) is 6.33 Å². The zero-order valence-electron chi connectivity index (χ0n) is 18.0. The number of aromatic nitrogens is 3. The first kappa shape index (κ1) is 24.5. The highest BCUT2D eigenvalue weighted by atomic mass is 127. The summed E-state index contributed by atoms with van der Waals surface area (Å²) in [5.41, 5.74) is 2.55. The largest absolute Gasteiger partial charge is 0.379 e. The molecule has 1 saturated heterocycles. The molecule has 0 saturated carbocycles. The summed E-state index contributed by atoms with van der Waals surface area (Å²) in [6.07, 6.45) is 2.67. The average Bonchev–Trinajstić information content (AvgIpc) is 3.21. The van der Waals surface area contributed by atoms with Crippen LogP contribution in [0.5, 0.6) is 0 Å². The third-order valence-corrected chi connectivity index (χ3v) is 4.95. The minimum atomic E-state index is 0. The number of guanidine groups is 1. The molecule has 30 heavy (non-hydrogen) atoms. The summed E-state index contributed by atoms with van der Waals surface area (Å²) in [6, 6.07) is 8.76. The Kier molecular flexibility index (Phi) is 11.1. The smallest absolute Gasteiger partial charge is 0.191 e. The predicted molar refractivity (Wildman–Crippen MR) is 130 cm³/mol. The Bertz CT molecular complexity index is 757. The van der Waals surface area contributed by atoms with Crippen molar-refractivity contribution in [2.75, 3.05) is 39.4 Å². The molecule has 166 valence electrons. The van der Waals surface area contributed by atoms with Gasteiger partial charge in [0.05, 0.1) is 19.8 Å². The van der Waals surface area contributed by atoms with Crippen LogP contribution < -0.4 is 10.6 Å². The summed E-state index contributed by atoms with van der Waals surface area (Å²) in [7, 11) is 0. The van der Waals surface area contributed by atoms with Gasteiger partial charge in [-0.1, -0.05) is 31.2 Å². The highest BCUT2D eigenvalue weighted by molar-refractivity contribution is 14.0. The SMILES string of the molecule is CCNC(=NCc1ccc(CN2CCOCC2)cc1)NCCn1cnnc1CC.I. The fourth-order valence-electron chi connectivity index (χ4n) is 3.31. The summed E-state index contributed by atoms with van der Waals surface area (Å²) >= 11 is 0. The summed E-state index contributed by atoms with van der Waals surface area (Å²) in [5.74, 6) is 1.84. The van der Waals surface area contributed by atoms with E-state index in [0.717, 1.165) is 70.7 Å². The molecule has 0 bridgehead atoms. The van der Waals surface area contributed by atoms with Crippen LogP contribution in [0, 0.1) is 0 Å². The number of nitrogens with one attached hydrogen (secondary N) is 2. The molecule has 2 aromatic rings. The molecule has 1 aliphatic heterocycles. The van der Waals surface area contributed by atoms with Crippen LogP contribution in [0.15, 0.2) is 35.6 Å². The van der Waals surface area contributed by atoms with Gasteiger partial charge in [0.1, 0.15) is 12.2 Å². The number of aryl methyl sites for hydroxylation is 1. The number of hydrogen-bond acceptors (Lipinski definition) is 5. The van der Waals surface area contributed by atoms with Crippen molar-refractivity contribution in [2.24, 2.45) is 4.99 Å². The van der Waals surface area contributed by atoms with E-state index in [4.69, 9.17) is 9.73 Å². The van der Waals surface area contributed by atoms with Crippen molar-refractivity contribution < 1.29 is 4.74 Å². The van der Waals surface area contributed by atoms with E-state index >= 15 is 0 Å². The fourth-order valence-corrected chi connectivity index (χ4v) is 3.31. The van der Waals surface area contributed by atoms with E-state index in [1.165, 1.54) is 11.1 Å². The van der Waals surface area contributed by atoms with E-state index in [0.29, 0.717) is 6.54 Å². The molecular weight excluding hydrogens is 493 g/mol. The van der Waals surface area contributed by atoms with Crippen LogP contribution in [-0.2, 0) is 30.8 Å². The Morgan fingerprint density at radius 1 is 1.10 bits per heavy atom. The summed E-state index contributed by atoms with van der Waals surface area (Å²) < 4.78 is 7.49. The number of aliphatic imine (C=N–C) groups is 1. The van der Waals surface area contributed by atoms with E-state index in [9.17, 15) is 0 Å². The molecule has 1 aromatic carbocycles.